The normalized spacial score (nSPS) is 27.3. The lowest BCUT2D eigenvalue weighted by atomic mass is 9.75. The van der Waals surface area contributed by atoms with Gasteiger partial charge in [0.2, 0.25) is 0 Å². The second-order valence-electron chi connectivity index (χ2n) is 7.41. The summed E-state index contributed by atoms with van der Waals surface area (Å²) in [5.41, 5.74) is -1.44. The molecule has 2 heterocycles. The van der Waals surface area contributed by atoms with Gasteiger partial charge in [0.25, 0.3) is 0 Å². The number of benzene rings is 1. The van der Waals surface area contributed by atoms with Crippen molar-refractivity contribution in [3.05, 3.63) is 18.2 Å². The average Bonchev–Trinajstić information content (AvgIpc) is 2.66. The monoisotopic (exact) mass is 380 g/mol. The number of nitrogens with zero attached hydrogens (tertiary/aromatic N) is 1. The minimum atomic E-state index is -1.17. The number of hydrogen-bond acceptors (Lipinski definition) is 6. The van der Waals surface area contributed by atoms with Crippen molar-refractivity contribution >= 4 is 11.7 Å². The Morgan fingerprint density at radius 3 is 2.59 bits per heavy atom. The topological polar surface area (TPSA) is 100 Å². The lowest BCUT2D eigenvalue weighted by Crippen LogP contribution is -2.64. The number of rotatable bonds is 3. The summed E-state index contributed by atoms with van der Waals surface area (Å²) in [6.45, 7) is 2.88. The molecule has 2 saturated heterocycles. The van der Waals surface area contributed by atoms with E-state index in [1.165, 1.54) is 7.11 Å². The molecule has 2 atom stereocenters. The van der Waals surface area contributed by atoms with E-state index in [0.717, 1.165) is 0 Å². The van der Waals surface area contributed by atoms with Crippen LogP contribution in [0.3, 0.4) is 0 Å². The van der Waals surface area contributed by atoms with Gasteiger partial charge in [0, 0.05) is 25.6 Å². The summed E-state index contributed by atoms with van der Waals surface area (Å²) in [7, 11) is 3.09. The molecule has 0 bridgehead atoms. The van der Waals surface area contributed by atoms with Gasteiger partial charge in [-0.15, -0.1) is 0 Å². The fraction of sp³-hybridized carbons (Fsp3) is 0.632. The number of carbonyl (C=O) groups is 1. The molecule has 0 saturated carbocycles. The molecule has 2 aliphatic rings. The number of amides is 2. The molecule has 2 amide bonds. The first-order chi connectivity index (χ1) is 12.8. The second-order valence-corrected chi connectivity index (χ2v) is 7.41. The molecule has 0 aliphatic carbocycles. The van der Waals surface area contributed by atoms with E-state index >= 15 is 0 Å². The van der Waals surface area contributed by atoms with Gasteiger partial charge in [-0.3, -0.25) is 0 Å². The van der Waals surface area contributed by atoms with Crippen LogP contribution in [0.2, 0.25) is 0 Å². The smallest absolute Gasteiger partial charge is 0.321 e. The summed E-state index contributed by atoms with van der Waals surface area (Å²) in [5.74, 6) is 1.16. The van der Waals surface area contributed by atoms with Gasteiger partial charge in [0.05, 0.1) is 32.1 Å². The Balaban J connectivity index is 1.66. The van der Waals surface area contributed by atoms with Crippen molar-refractivity contribution in [2.45, 2.75) is 43.5 Å². The van der Waals surface area contributed by atoms with E-state index < -0.39 is 17.3 Å². The first-order valence-electron chi connectivity index (χ1n) is 9.14. The number of hydrogen-bond donors (Lipinski definition) is 3. The van der Waals surface area contributed by atoms with Gasteiger partial charge in [0.15, 0.2) is 0 Å². The molecule has 8 nitrogen and oxygen atoms in total. The molecular weight excluding hydrogens is 352 g/mol. The van der Waals surface area contributed by atoms with Crippen LogP contribution in [0.5, 0.6) is 11.5 Å². The Morgan fingerprint density at radius 1 is 1.26 bits per heavy atom. The van der Waals surface area contributed by atoms with Crippen molar-refractivity contribution in [2.75, 3.05) is 39.2 Å². The molecule has 3 rings (SSSR count). The number of nitrogens with one attached hydrogen (secondary N) is 1. The largest absolute Gasteiger partial charge is 0.497 e. The van der Waals surface area contributed by atoms with Gasteiger partial charge in [-0.1, -0.05) is 0 Å². The van der Waals surface area contributed by atoms with Crippen molar-refractivity contribution < 1.29 is 29.2 Å². The zero-order chi connectivity index (χ0) is 19.7. The van der Waals surface area contributed by atoms with E-state index in [1.807, 2.05) is 0 Å². The van der Waals surface area contributed by atoms with Crippen molar-refractivity contribution in [1.82, 2.24) is 4.90 Å². The highest BCUT2D eigenvalue weighted by Gasteiger charge is 2.52. The fourth-order valence-electron chi connectivity index (χ4n) is 3.86. The zero-order valence-corrected chi connectivity index (χ0v) is 16.0. The highest BCUT2D eigenvalue weighted by Crippen LogP contribution is 2.40. The van der Waals surface area contributed by atoms with Crippen molar-refractivity contribution in [3.63, 3.8) is 0 Å². The SMILES string of the molecule is COc1ccc(OC)c(NC(=O)N2CCC3(CC2)OCC[C@@](C)(O)[C@@H]3O)c1. The highest BCUT2D eigenvalue weighted by molar-refractivity contribution is 5.91. The number of anilines is 1. The quantitative estimate of drug-likeness (QED) is 0.737. The summed E-state index contributed by atoms with van der Waals surface area (Å²) in [6, 6.07) is 4.93. The number of likely N-dealkylation sites (tertiary alicyclic amines) is 1. The Hall–Kier alpha value is -2.03. The molecule has 3 N–H and O–H groups in total. The number of aliphatic hydroxyl groups is 2. The molecule has 27 heavy (non-hydrogen) atoms. The molecule has 2 fully saturated rings. The number of piperidine rings is 1. The number of carbonyl (C=O) groups excluding carboxylic acids is 1. The van der Waals surface area contributed by atoms with Crippen molar-refractivity contribution in [1.29, 1.82) is 0 Å². The maximum Gasteiger partial charge on any atom is 0.321 e. The first-order valence-corrected chi connectivity index (χ1v) is 9.14. The van der Waals surface area contributed by atoms with Crippen LogP contribution in [0.1, 0.15) is 26.2 Å². The average molecular weight is 380 g/mol. The minimum Gasteiger partial charge on any atom is -0.497 e. The van der Waals surface area contributed by atoms with E-state index in [2.05, 4.69) is 5.32 Å². The minimum absolute atomic E-state index is 0.256. The fourth-order valence-corrected chi connectivity index (χ4v) is 3.86. The van der Waals surface area contributed by atoms with Crippen LogP contribution < -0.4 is 14.8 Å². The Morgan fingerprint density at radius 2 is 1.96 bits per heavy atom. The standard InChI is InChI=1S/C19H28N2O6/c1-18(24)8-11-27-19(16(18)22)6-9-21(10-7-19)17(23)20-14-12-13(25-2)4-5-15(14)26-3/h4-5,12,16,22,24H,6-11H2,1-3H3,(H,20,23)/t16-,18+/m0/s1. The van der Waals surface area contributed by atoms with Crippen LogP contribution >= 0.6 is 0 Å². The van der Waals surface area contributed by atoms with E-state index in [0.29, 0.717) is 56.1 Å². The van der Waals surface area contributed by atoms with Gasteiger partial charge in [0.1, 0.15) is 23.2 Å². The van der Waals surface area contributed by atoms with E-state index in [9.17, 15) is 15.0 Å². The number of ether oxygens (including phenoxy) is 3. The Labute approximate surface area is 159 Å². The van der Waals surface area contributed by atoms with Crippen LogP contribution in [-0.4, -0.2) is 72.4 Å². The van der Waals surface area contributed by atoms with E-state index in [4.69, 9.17) is 14.2 Å². The summed E-state index contributed by atoms with van der Waals surface area (Å²) in [6.07, 6.45) is 0.359. The Bertz CT molecular complexity index is 685. The number of aliphatic hydroxyl groups excluding tert-OH is 1. The van der Waals surface area contributed by atoms with E-state index in [1.54, 1.807) is 37.1 Å². The molecule has 2 aliphatic heterocycles. The number of methoxy groups -OCH3 is 2. The van der Waals surface area contributed by atoms with Crippen LogP contribution in [0.4, 0.5) is 10.5 Å². The summed E-state index contributed by atoms with van der Waals surface area (Å²) in [5, 5.41) is 23.8. The molecule has 1 spiro atoms. The highest BCUT2D eigenvalue weighted by atomic mass is 16.5. The van der Waals surface area contributed by atoms with Crippen LogP contribution in [0.15, 0.2) is 18.2 Å². The summed E-state index contributed by atoms with van der Waals surface area (Å²) < 4.78 is 16.4. The molecule has 8 heteroatoms. The molecule has 1 aromatic rings. The van der Waals surface area contributed by atoms with Crippen LogP contribution in [-0.2, 0) is 4.74 Å². The maximum absolute atomic E-state index is 12.7. The maximum atomic E-state index is 12.7. The van der Waals surface area contributed by atoms with Crippen LogP contribution in [0.25, 0.3) is 0 Å². The van der Waals surface area contributed by atoms with Gasteiger partial charge in [-0.2, -0.15) is 0 Å². The van der Waals surface area contributed by atoms with E-state index in [-0.39, 0.29) is 6.03 Å². The third-order valence-corrected chi connectivity index (χ3v) is 5.63. The van der Waals surface area contributed by atoms with Crippen molar-refractivity contribution in [2.24, 2.45) is 0 Å². The first kappa shape index (κ1) is 19.7. The number of urea groups is 1. The Kier molecular flexibility index (Phi) is 5.50. The van der Waals surface area contributed by atoms with Gasteiger partial charge >= 0.3 is 6.03 Å². The van der Waals surface area contributed by atoms with Gasteiger partial charge in [-0.25, -0.2) is 4.79 Å². The third kappa shape index (κ3) is 3.83. The molecule has 150 valence electrons. The molecule has 0 aromatic heterocycles. The van der Waals surface area contributed by atoms with Crippen molar-refractivity contribution in [3.8, 4) is 11.5 Å². The van der Waals surface area contributed by atoms with Crippen LogP contribution in [0, 0.1) is 0 Å². The predicted octanol–water partition coefficient (Wildman–Crippen LogP) is 1.60. The zero-order valence-electron chi connectivity index (χ0n) is 16.0. The third-order valence-electron chi connectivity index (χ3n) is 5.63. The molecule has 1 aromatic carbocycles. The molecule has 0 unspecified atom stereocenters. The second kappa shape index (κ2) is 7.53. The molecule has 0 radical (unpaired) electrons. The summed E-state index contributed by atoms with van der Waals surface area (Å²) >= 11 is 0. The van der Waals surface area contributed by atoms with Gasteiger partial charge < -0.3 is 34.6 Å². The predicted molar refractivity (Wildman–Crippen MR) is 99.3 cm³/mol. The van der Waals surface area contributed by atoms with Gasteiger partial charge in [-0.05, 0) is 31.9 Å². The molecular formula is C19H28N2O6. The summed E-state index contributed by atoms with van der Waals surface area (Å²) in [4.78, 5) is 14.4. The lowest BCUT2D eigenvalue weighted by molar-refractivity contribution is -0.244. The lowest BCUT2D eigenvalue weighted by Gasteiger charge is -2.51.